The van der Waals surface area contributed by atoms with Crippen LogP contribution in [0.15, 0.2) is 0 Å². The maximum Gasteiger partial charge on any atom is 0.0707 e. The second-order valence-electron chi connectivity index (χ2n) is 5.69. The lowest BCUT2D eigenvalue weighted by molar-refractivity contribution is -0.0661. The lowest BCUT2D eigenvalue weighted by Crippen LogP contribution is -2.42. The third-order valence-electron chi connectivity index (χ3n) is 1.91. The quantitative estimate of drug-likeness (QED) is 0.666. The maximum absolute atomic E-state index is 5.96. The van der Waals surface area contributed by atoms with Gasteiger partial charge >= 0.3 is 0 Å². The van der Waals surface area contributed by atoms with Gasteiger partial charge in [0, 0.05) is 5.54 Å². The molecule has 0 aromatic rings. The van der Waals surface area contributed by atoms with Gasteiger partial charge in [0.05, 0.1) is 24.9 Å². The standard InChI is InChI=1S/C12H27NO2/c1-10(2)14-7-8-15-12(5,6)9-11(3,4)13/h10H,7-9,13H2,1-6H3. The zero-order chi connectivity index (χ0) is 12.1. The first-order valence-electron chi connectivity index (χ1n) is 5.67. The molecule has 0 radical (unpaired) electrons. The van der Waals surface area contributed by atoms with Crippen LogP contribution in [0.2, 0.25) is 0 Å². The smallest absolute Gasteiger partial charge is 0.0707 e. The second kappa shape index (κ2) is 5.83. The lowest BCUT2D eigenvalue weighted by atomic mass is 9.90. The van der Waals surface area contributed by atoms with Crippen LogP contribution in [0.1, 0.15) is 48.0 Å². The first-order chi connectivity index (χ1) is 6.62. The normalized spacial score (nSPS) is 13.6. The molecule has 2 N–H and O–H groups in total. The van der Waals surface area contributed by atoms with Crippen LogP contribution in [-0.4, -0.2) is 30.5 Å². The third kappa shape index (κ3) is 10.2. The summed E-state index contributed by atoms with van der Waals surface area (Å²) in [6.45, 7) is 13.5. The SMILES string of the molecule is CC(C)OCCOC(C)(C)CC(C)(C)N. The monoisotopic (exact) mass is 217 g/mol. The predicted octanol–water partition coefficient (Wildman–Crippen LogP) is 2.33. The fraction of sp³-hybridized carbons (Fsp3) is 1.00. The van der Waals surface area contributed by atoms with Crippen molar-refractivity contribution < 1.29 is 9.47 Å². The Kier molecular flexibility index (Phi) is 5.78. The highest BCUT2D eigenvalue weighted by Gasteiger charge is 2.26. The molecule has 0 aromatic heterocycles. The molecule has 0 amide bonds. The highest BCUT2D eigenvalue weighted by Crippen LogP contribution is 2.21. The van der Waals surface area contributed by atoms with Gasteiger partial charge < -0.3 is 15.2 Å². The van der Waals surface area contributed by atoms with Crippen molar-refractivity contribution in [3.63, 3.8) is 0 Å². The van der Waals surface area contributed by atoms with E-state index in [0.29, 0.717) is 13.2 Å². The molecule has 0 rings (SSSR count). The molecule has 3 nitrogen and oxygen atoms in total. The van der Waals surface area contributed by atoms with Gasteiger partial charge in [0.25, 0.3) is 0 Å². The molecule has 0 aliphatic carbocycles. The van der Waals surface area contributed by atoms with Crippen molar-refractivity contribution in [2.45, 2.75) is 65.2 Å². The average Bonchev–Trinajstić information content (AvgIpc) is 1.93. The van der Waals surface area contributed by atoms with Crippen molar-refractivity contribution in [2.75, 3.05) is 13.2 Å². The molecule has 0 unspecified atom stereocenters. The summed E-state index contributed by atoms with van der Waals surface area (Å²) in [7, 11) is 0. The summed E-state index contributed by atoms with van der Waals surface area (Å²) >= 11 is 0. The van der Waals surface area contributed by atoms with Crippen LogP contribution in [0.5, 0.6) is 0 Å². The molecule has 0 saturated heterocycles. The van der Waals surface area contributed by atoms with Crippen LogP contribution in [0.25, 0.3) is 0 Å². The minimum atomic E-state index is -0.192. The van der Waals surface area contributed by atoms with E-state index >= 15 is 0 Å². The maximum atomic E-state index is 5.96. The van der Waals surface area contributed by atoms with Gasteiger partial charge in [-0.25, -0.2) is 0 Å². The van der Waals surface area contributed by atoms with Gasteiger partial charge in [-0.15, -0.1) is 0 Å². The minimum Gasteiger partial charge on any atom is -0.376 e. The molecule has 0 aliphatic rings. The molecular formula is C12H27NO2. The van der Waals surface area contributed by atoms with Crippen LogP contribution in [0, 0.1) is 0 Å². The molecule has 0 aromatic carbocycles. The molecule has 0 fully saturated rings. The van der Waals surface area contributed by atoms with Crippen molar-refractivity contribution in [1.82, 2.24) is 0 Å². The van der Waals surface area contributed by atoms with Crippen LogP contribution in [-0.2, 0) is 9.47 Å². The highest BCUT2D eigenvalue weighted by atomic mass is 16.5. The number of hydrogen-bond acceptors (Lipinski definition) is 3. The van der Waals surface area contributed by atoms with E-state index in [9.17, 15) is 0 Å². The Bertz CT molecular complexity index is 171. The topological polar surface area (TPSA) is 44.5 Å². The third-order valence-corrected chi connectivity index (χ3v) is 1.91. The molecule has 0 bridgehead atoms. The average molecular weight is 217 g/mol. The molecule has 92 valence electrons. The van der Waals surface area contributed by atoms with Crippen LogP contribution in [0.4, 0.5) is 0 Å². The van der Waals surface area contributed by atoms with E-state index in [2.05, 4.69) is 13.8 Å². The summed E-state index contributed by atoms with van der Waals surface area (Å²) in [4.78, 5) is 0. The summed E-state index contributed by atoms with van der Waals surface area (Å²) in [5, 5.41) is 0. The van der Waals surface area contributed by atoms with E-state index in [-0.39, 0.29) is 17.2 Å². The molecule has 0 spiro atoms. The molecule has 3 heteroatoms. The summed E-state index contributed by atoms with van der Waals surface area (Å²) in [6.07, 6.45) is 1.10. The van der Waals surface area contributed by atoms with Gasteiger partial charge in [-0.2, -0.15) is 0 Å². The molecule has 0 heterocycles. The minimum absolute atomic E-state index is 0.182. The largest absolute Gasteiger partial charge is 0.376 e. The van der Waals surface area contributed by atoms with Crippen molar-refractivity contribution in [2.24, 2.45) is 5.73 Å². The van der Waals surface area contributed by atoms with Gasteiger partial charge in [0.15, 0.2) is 0 Å². The van der Waals surface area contributed by atoms with Crippen molar-refractivity contribution in [1.29, 1.82) is 0 Å². The van der Waals surface area contributed by atoms with Crippen molar-refractivity contribution in [3.8, 4) is 0 Å². The van der Waals surface area contributed by atoms with Gasteiger partial charge in [0.2, 0.25) is 0 Å². The predicted molar refractivity (Wildman–Crippen MR) is 64.0 cm³/mol. The summed E-state index contributed by atoms with van der Waals surface area (Å²) in [5.41, 5.74) is 5.59. The molecule has 0 atom stereocenters. The summed E-state index contributed by atoms with van der Waals surface area (Å²) < 4.78 is 11.2. The summed E-state index contributed by atoms with van der Waals surface area (Å²) in [6, 6.07) is 0. The van der Waals surface area contributed by atoms with E-state index in [4.69, 9.17) is 15.2 Å². The Labute approximate surface area is 94.3 Å². The zero-order valence-electron chi connectivity index (χ0n) is 11.1. The number of nitrogens with two attached hydrogens (primary N) is 1. The van der Waals surface area contributed by atoms with E-state index in [1.54, 1.807) is 0 Å². The molecule has 15 heavy (non-hydrogen) atoms. The second-order valence-corrected chi connectivity index (χ2v) is 5.69. The fourth-order valence-electron chi connectivity index (χ4n) is 1.75. The number of ether oxygens (including phenoxy) is 2. The fourth-order valence-corrected chi connectivity index (χ4v) is 1.75. The van der Waals surface area contributed by atoms with E-state index in [0.717, 1.165) is 6.42 Å². The van der Waals surface area contributed by atoms with Crippen molar-refractivity contribution in [3.05, 3.63) is 0 Å². The first kappa shape index (κ1) is 14.9. The van der Waals surface area contributed by atoms with Gasteiger partial charge in [-0.3, -0.25) is 0 Å². The van der Waals surface area contributed by atoms with Crippen LogP contribution in [0.3, 0.4) is 0 Å². The number of rotatable bonds is 7. The Balaban J connectivity index is 3.74. The molecule has 0 saturated carbocycles. The van der Waals surface area contributed by atoms with Crippen molar-refractivity contribution >= 4 is 0 Å². The molecule has 0 aliphatic heterocycles. The van der Waals surface area contributed by atoms with E-state index in [1.165, 1.54) is 0 Å². The Morgan fingerprint density at radius 3 is 2.00 bits per heavy atom. The number of hydrogen-bond donors (Lipinski definition) is 1. The van der Waals surface area contributed by atoms with Crippen LogP contribution < -0.4 is 5.73 Å². The van der Waals surface area contributed by atoms with Crippen LogP contribution >= 0.6 is 0 Å². The first-order valence-corrected chi connectivity index (χ1v) is 5.67. The van der Waals surface area contributed by atoms with E-state index in [1.807, 2.05) is 27.7 Å². The van der Waals surface area contributed by atoms with E-state index < -0.39 is 0 Å². The Morgan fingerprint density at radius 2 is 1.60 bits per heavy atom. The highest BCUT2D eigenvalue weighted by molar-refractivity contribution is 4.82. The zero-order valence-corrected chi connectivity index (χ0v) is 11.1. The molecular weight excluding hydrogens is 190 g/mol. The Morgan fingerprint density at radius 1 is 1.07 bits per heavy atom. The summed E-state index contributed by atoms with van der Waals surface area (Å²) in [5.74, 6) is 0. The van der Waals surface area contributed by atoms with Gasteiger partial charge in [0.1, 0.15) is 0 Å². The Hall–Kier alpha value is -0.120. The van der Waals surface area contributed by atoms with Gasteiger partial charge in [-0.05, 0) is 48.0 Å². The lowest BCUT2D eigenvalue weighted by Gasteiger charge is -2.32. The van der Waals surface area contributed by atoms with Gasteiger partial charge in [-0.1, -0.05) is 0 Å².